The number of aromatic amines is 1. The van der Waals surface area contributed by atoms with E-state index in [2.05, 4.69) is 4.98 Å². The highest BCUT2D eigenvalue weighted by Crippen LogP contribution is 2.49. The molecule has 6 heteroatoms. The largest absolute Gasteiger partial charge is 0.493 e. The Kier molecular flexibility index (Phi) is 5.25. The number of hydrogen-bond acceptors (Lipinski definition) is 5. The minimum atomic E-state index is -0.218. The van der Waals surface area contributed by atoms with E-state index in [1.165, 1.54) is 6.07 Å². The number of carbonyl (C=O) groups excluding carboxylic acids is 1. The summed E-state index contributed by atoms with van der Waals surface area (Å²) >= 11 is 0. The van der Waals surface area contributed by atoms with E-state index in [-0.39, 0.29) is 23.4 Å². The molecule has 0 bridgehead atoms. The number of esters is 1. The van der Waals surface area contributed by atoms with Gasteiger partial charge in [-0.2, -0.15) is 0 Å². The Morgan fingerprint density at radius 1 is 1.10 bits per heavy atom. The third-order valence-electron chi connectivity index (χ3n) is 5.30. The van der Waals surface area contributed by atoms with Gasteiger partial charge in [0.05, 0.1) is 25.7 Å². The van der Waals surface area contributed by atoms with Gasteiger partial charge in [-0.3, -0.25) is 9.59 Å². The molecule has 1 N–H and O–H groups in total. The van der Waals surface area contributed by atoms with Crippen LogP contribution in [0, 0.1) is 5.41 Å². The molecule has 0 unspecified atom stereocenters. The van der Waals surface area contributed by atoms with Gasteiger partial charge in [-0.25, -0.2) is 0 Å². The molecule has 2 aromatic carbocycles. The van der Waals surface area contributed by atoms with E-state index in [4.69, 9.17) is 14.2 Å². The molecule has 0 radical (unpaired) electrons. The second-order valence-electron chi connectivity index (χ2n) is 7.50. The number of H-pyrrole nitrogens is 1. The number of benzene rings is 2. The van der Waals surface area contributed by atoms with Crippen LogP contribution in [0.15, 0.2) is 59.5 Å². The first kappa shape index (κ1) is 19.1. The van der Waals surface area contributed by atoms with Crippen molar-refractivity contribution < 1.29 is 19.0 Å². The van der Waals surface area contributed by atoms with Gasteiger partial charge < -0.3 is 19.2 Å². The molecule has 1 fully saturated rings. The molecule has 0 atom stereocenters. The Balaban J connectivity index is 1.39. The Morgan fingerprint density at radius 2 is 1.90 bits per heavy atom. The van der Waals surface area contributed by atoms with Crippen molar-refractivity contribution in [3.8, 4) is 11.5 Å². The predicted molar refractivity (Wildman–Crippen MR) is 109 cm³/mol. The fourth-order valence-electron chi connectivity index (χ4n) is 3.33. The number of carbonyl (C=O) groups is 1. The van der Waals surface area contributed by atoms with Crippen molar-refractivity contribution in [3.05, 3.63) is 70.5 Å². The van der Waals surface area contributed by atoms with Crippen LogP contribution in [0.3, 0.4) is 0 Å². The van der Waals surface area contributed by atoms with Gasteiger partial charge in [0.25, 0.3) is 0 Å². The summed E-state index contributed by atoms with van der Waals surface area (Å²) in [7, 11) is 1.54. The summed E-state index contributed by atoms with van der Waals surface area (Å²) in [5, 5.41) is 0.544. The van der Waals surface area contributed by atoms with Crippen LogP contribution in [0.5, 0.6) is 11.5 Å². The molecule has 0 saturated heterocycles. The van der Waals surface area contributed by atoms with Gasteiger partial charge in [0.1, 0.15) is 6.61 Å². The number of methoxy groups -OCH3 is 1. The van der Waals surface area contributed by atoms with E-state index in [1.807, 2.05) is 30.3 Å². The quantitative estimate of drug-likeness (QED) is 0.589. The fraction of sp³-hybridized carbons (Fsp3) is 0.304. The van der Waals surface area contributed by atoms with Crippen LogP contribution < -0.4 is 14.9 Å². The Morgan fingerprint density at radius 3 is 2.62 bits per heavy atom. The van der Waals surface area contributed by atoms with Gasteiger partial charge in [-0.15, -0.1) is 0 Å². The van der Waals surface area contributed by atoms with Crippen LogP contribution >= 0.6 is 0 Å². The second kappa shape index (κ2) is 7.99. The smallest absolute Gasteiger partial charge is 0.306 e. The Bertz CT molecular complexity index is 1070. The lowest BCUT2D eigenvalue weighted by atomic mass is 10.0. The van der Waals surface area contributed by atoms with Crippen molar-refractivity contribution in [1.82, 2.24) is 4.98 Å². The maximum atomic E-state index is 12.3. The van der Waals surface area contributed by atoms with E-state index in [0.717, 1.165) is 18.4 Å². The molecule has 1 saturated carbocycles. The first-order valence-electron chi connectivity index (χ1n) is 9.60. The van der Waals surface area contributed by atoms with E-state index >= 15 is 0 Å². The van der Waals surface area contributed by atoms with Gasteiger partial charge in [-0.05, 0) is 24.5 Å². The molecule has 1 aromatic heterocycles. The fourth-order valence-corrected chi connectivity index (χ4v) is 3.33. The summed E-state index contributed by atoms with van der Waals surface area (Å²) in [6.45, 7) is 0.675. The van der Waals surface area contributed by atoms with Gasteiger partial charge in [-0.1, -0.05) is 30.3 Å². The van der Waals surface area contributed by atoms with Crippen LogP contribution in [0.1, 0.15) is 24.8 Å². The second-order valence-corrected chi connectivity index (χ2v) is 7.50. The van der Waals surface area contributed by atoms with Crippen LogP contribution in [0.25, 0.3) is 10.9 Å². The number of rotatable bonds is 8. The van der Waals surface area contributed by atoms with Gasteiger partial charge in [0.15, 0.2) is 16.9 Å². The van der Waals surface area contributed by atoms with Crippen LogP contribution in [-0.4, -0.2) is 24.7 Å². The number of hydrogen-bond donors (Lipinski definition) is 1. The summed E-state index contributed by atoms with van der Waals surface area (Å²) in [5.41, 5.74) is 1.37. The first-order valence-corrected chi connectivity index (χ1v) is 9.60. The predicted octanol–water partition coefficient (Wildman–Crippen LogP) is 3.83. The highest BCUT2D eigenvalue weighted by atomic mass is 16.5. The molecule has 4 rings (SSSR count). The van der Waals surface area contributed by atoms with Crippen LogP contribution in [-0.2, 0) is 16.1 Å². The molecule has 29 heavy (non-hydrogen) atoms. The zero-order chi connectivity index (χ0) is 20.3. The van der Waals surface area contributed by atoms with E-state index in [9.17, 15) is 9.59 Å². The van der Waals surface area contributed by atoms with Crippen molar-refractivity contribution in [2.75, 3.05) is 13.7 Å². The van der Waals surface area contributed by atoms with Gasteiger partial charge >= 0.3 is 5.97 Å². The monoisotopic (exact) mass is 393 g/mol. The van der Waals surface area contributed by atoms with Crippen LogP contribution in [0.2, 0.25) is 0 Å². The van der Waals surface area contributed by atoms with Crippen molar-refractivity contribution in [3.63, 3.8) is 0 Å². The van der Waals surface area contributed by atoms with Crippen molar-refractivity contribution in [2.24, 2.45) is 5.41 Å². The number of nitrogens with one attached hydrogen (secondary N) is 1. The molecule has 0 aliphatic heterocycles. The lowest BCUT2D eigenvalue weighted by molar-refractivity contribution is -0.146. The molecular weight excluding hydrogens is 370 g/mol. The Labute approximate surface area is 168 Å². The molecule has 0 amide bonds. The minimum Gasteiger partial charge on any atom is -0.493 e. The molecule has 150 valence electrons. The summed E-state index contributed by atoms with van der Waals surface area (Å²) in [6, 6.07) is 14.5. The SMILES string of the molecule is COc1cc2c(=O)cc[nH]c2cc1OCC1(CC(=O)OCc2ccccc2)CC1. The molecule has 0 spiro atoms. The van der Waals surface area contributed by atoms with Gasteiger partial charge in [0.2, 0.25) is 0 Å². The van der Waals surface area contributed by atoms with Gasteiger partial charge in [0, 0.05) is 29.1 Å². The van der Waals surface area contributed by atoms with E-state index in [1.54, 1.807) is 25.4 Å². The molecular formula is C23H23NO5. The maximum absolute atomic E-state index is 12.3. The molecule has 6 nitrogen and oxygen atoms in total. The minimum absolute atomic E-state index is 0.0802. The molecule has 1 aliphatic carbocycles. The highest BCUT2D eigenvalue weighted by Gasteiger charge is 2.46. The molecule has 3 aromatic rings. The third kappa shape index (κ3) is 4.42. The zero-order valence-corrected chi connectivity index (χ0v) is 16.3. The zero-order valence-electron chi connectivity index (χ0n) is 16.3. The highest BCUT2D eigenvalue weighted by molar-refractivity contribution is 5.82. The summed E-state index contributed by atoms with van der Waals surface area (Å²) in [5.74, 6) is 0.826. The van der Waals surface area contributed by atoms with Crippen LogP contribution in [0.4, 0.5) is 0 Å². The lowest BCUT2D eigenvalue weighted by Crippen LogP contribution is -2.19. The molecule has 1 aliphatic rings. The topological polar surface area (TPSA) is 77.6 Å². The average molecular weight is 393 g/mol. The summed E-state index contributed by atoms with van der Waals surface area (Å²) in [6.07, 6.45) is 3.76. The number of ether oxygens (including phenoxy) is 3. The van der Waals surface area contributed by atoms with E-state index in [0.29, 0.717) is 35.4 Å². The lowest BCUT2D eigenvalue weighted by Gasteiger charge is -2.17. The van der Waals surface area contributed by atoms with E-state index < -0.39 is 0 Å². The summed E-state index contributed by atoms with van der Waals surface area (Å²) < 4.78 is 16.8. The Hall–Kier alpha value is -3.28. The maximum Gasteiger partial charge on any atom is 0.306 e. The molecule has 1 heterocycles. The van der Waals surface area contributed by atoms with Crippen molar-refractivity contribution in [2.45, 2.75) is 25.9 Å². The van der Waals surface area contributed by atoms with Crippen molar-refractivity contribution in [1.29, 1.82) is 0 Å². The van der Waals surface area contributed by atoms with Crippen molar-refractivity contribution >= 4 is 16.9 Å². The third-order valence-corrected chi connectivity index (χ3v) is 5.30. The average Bonchev–Trinajstić information content (AvgIpc) is 3.50. The standard InChI is InChI=1S/C23H23NO5/c1-27-20-11-17-18(24-10-7-19(17)25)12-21(20)29-15-23(8-9-23)13-22(26)28-14-16-5-3-2-4-6-16/h2-7,10-12H,8-9,13-15H2,1H3,(H,24,25). The summed E-state index contributed by atoms with van der Waals surface area (Å²) in [4.78, 5) is 27.3. The number of aromatic nitrogens is 1. The normalized spacial score (nSPS) is 14.4. The number of pyridine rings is 1. The number of fused-ring (bicyclic) bond motifs is 1. The first-order chi connectivity index (χ1) is 14.1.